The van der Waals surface area contributed by atoms with Gasteiger partial charge in [0.25, 0.3) is 0 Å². The lowest BCUT2D eigenvalue weighted by atomic mass is 10.5. The van der Waals surface area contributed by atoms with Gasteiger partial charge in [0.2, 0.25) is 0 Å². The van der Waals surface area contributed by atoms with Crippen molar-refractivity contribution in [3.8, 4) is 0 Å². The zero-order valence-electron chi connectivity index (χ0n) is 4.79. The summed E-state index contributed by atoms with van der Waals surface area (Å²) in [5.41, 5.74) is 1.27. The van der Waals surface area contributed by atoms with E-state index in [-0.39, 0.29) is 6.42 Å². The highest BCUT2D eigenvalue weighted by Crippen LogP contribution is 1.78. The van der Waals surface area contributed by atoms with Crippen molar-refractivity contribution in [2.45, 2.75) is 13.3 Å². The van der Waals surface area contributed by atoms with E-state index in [1.54, 1.807) is 0 Å². The SMILES string of the molecule is CCC(=O)ON[N+](=O)[O-]. The van der Waals surface area contributed by atoms with E-state index in [0.29, 0.717) is 0 Å². The van der Waals surface area contributed by atoms with E-state index < -0.39 is 11.0 Å². The maximum absolute atomic E-state index is 10.1. The van der Waals surface area contributed by atoms with Crippen LogP contribution in [0.2, 0.25) is 0 Å². The molecule has 1 N–H and O–H groups in total. The first-order chi connectivity index (χ1) is 4.16. The summed E-state index contributed by atoms with van der Waals surface area (Å²) in [4.78, 5) is 23.4. The van der Waals surface area contributed by atoms with E-state index in [1.807, 2.05) is 0 Å². The van der Waals surface area contributed by atoms with E-state index in [9.17, 15) is 14.9 Å². The summed E-state index contributed by atoms with van der Waals surface area (Å²) < 4.78 is 0. The molecule has 0 aromatic heterocycles. The lowest BCUT2D eigenvalue weighted by molar-refractivity contribution is -0.597. The molecule has 0 aliphatic rings. The minimum absolute atomic E-state index is 0.112. The highest BCUT2D eigenvalue weighted by Gasteiger charge is 2.00. The number of carbonyl (C=O) groups excluding carboxylic acids is 1. The van der Waals surface area contributed by atoms with E-state index in [2.05, 4.69) is 4.84 Å². The van der Waals surface area contributed by atoms with Gasteiger partial charge in [-0.3, -0.25) is 4.84 Å². The molecule has 0 aliphatic heterocycles. The van der Waals surface area contributed by atoms with Gasteiger partial charge < -0.3 is 0 Å². The quantitative estimate of drug-likeness (QED) is 0.421. The molecule has 0 unspecified atom stereocenters. The van der Waals surface area contributed by atoms with E-state index in [4.69, 9.17) is 0 Å². The molecule has 0 aliphatic carbocycles. The zero-order valence-corrected chi connectivity index (χ0v) is 4.79. The Bertz CT molecular complexity index is 123. The van der Waals surface area contributed by atoms with Crippen LogP contribution in [0.1, 0.15) is 13.3 Å². The third-order valence-corrected chi connectivity index (χ3v) is 0.523. The molecule has 0 saturated heterocycles. The summed E-state index contributed by atoms with van der Waals surface area (Å²) in [7, 11) is 0. The number of rotatable bonds is 3. The number of hydrazine groups is 1. The fourth-order valence-electron chi connectivity index (χ4n) is 0.160. The van der Waals surface area contributed by atoms with E-state index in [0.717, 1.165) is 0 Å². The van der Waals surface area contributed by atoms with Gasteiger partial charge in [0.15, 0.2) is 5.03 Å². The van der Waals surface area contributed by atoms with Crippen molar-refractivity contribution in [2.75, 3.05) is 0 Å². The summed E-state index contributed by atoms with van der Waals surface area (Å²) in [6, 6.07) is 0. The first-order valence-electron chi connectivity index (χ1n) is 2.26. The number of nitro groups is 1. The lowest BCUT2D eigenvalue weighted by Gasteiger charge is -1.93. The van der Waals surface area contributed by atoms with E-state index in [1.165, 1.54) is 12.5 Å². The normalized spacial score (nSPS) is 8.11. The topological polar surface area (TPSA) is 81.5 Å². The first-order valence-corrected chi connectivity index (χ1v) is 2.26. The predicted octanol–water partition coefficient (Wildman–Crippen LogP) is -0.364. The molecule has 0 spiro atoms. The predicted molar refractivity (Wildman–Crippen MR) is 26.5 cm³/mol. The molecule has 0 amide bonds. The average molecular weight is 134 g/mol. The summed E-state index contributed by atoms with van der Waals surface area (Å²) in [5, 5.41) is 8.49. The molecule has 6 nitrogen and oxygen atoms in total. The van der Waals surface area contributed by atoms with Gasteiger partial charge in [0, 0.05) is 12.0 Å². The Labute approximate surface area is 50.9 Å². The van der Waals surface area contributed by atoms with Crippen LogP contribution in [-0.2, 0) is 9.63 Å². The molecular formula is C3H6N2O4. The van der Waals surface area contributed by atoms with Crippen molar-refractivity contribution in [3.63, 3.8) is 0 Å². The van der Waals surface area contributed by atoms with Crippen LogP contribution in [0.25, 0.3) is 0 Å². The fourth-order valence-corrected chi connectivity index (χ4v) is 0.160. The van der Waals surface area contributed by atoms with Crippen molar-refractivity contribution in [3.05, 3.63) is 10.1 Å². The van der Waals surface area contributed by atoms with Crippen LogP contribution in [-0.4, -0.2) is 11.0 Å². The van der Waals surface area contributed by atoms with Gasteiger partial charge >= 0.3 is 5.97 Å². The van der Waals surface area contributed by atoms with Crippen LogP contribution in [0.5, 0.6) is 0 Å². The van der Waals surface area contributed by atoms with Crippen LogP contribution in [0.15, 0.2) is 0 Å². The van der Waals surface area contributed by atoms with Crippen molar-refractivity contribution in [2.24, 2.45) is 0 Å². The molecule has 0 bridgehead atoms. The van der Waals surface area contributed by atoms with Gasteiger partial charge in [0.1, 0.15) is 0 Å². The smallest absolute Gasteiger partial charge is 0.291 e. The molecule has 6 heteroatoms. The first kappa shape index (κ1) is 7.67. The highest BCUT2D eigenvalue weighted by atomic mass is 16.8. The molecule has 9 heavy (non-hydrogen) atoms. The second-order valence-corrected chi connectivity index (χ2v) is 1.18. The number of nitrogens with zero attached hydrogens (tertiary/aromatic N) is 1. The van der Waals surface area contributed by atoms with Gasteiger partial charge in [-0.05, 0) is 0 Å². The average Bonchev–Trinajstić information content (AvgIpc) is 1.83. The zero-order chi connectivity index (χ0) is 7.28. The number of nitrogens with one attached hydrogen (secondary N) is 1. The summed E-state index contributed by atoms with van der Waals surface area (Å²) >= 11 is 0. The van der Waals surface area contributed by atoms with Crippen LogP contribution in [0, 0.1) is 10.1 Å². The molecule has 0 fully saturated rings. The molecule has 0 radical (unpaired) electrons. The number of carbonyl (C=O) groups is 1. The molecule has 0 aromatic rings. The van der Waals surface area contributed by atoms with Gasteiger partial charge in [-0.15, -0.1) is 0 Å². The summed E-state index contributed by atoms with van der Waals surface area (Å²) in [6.07, 6.45) is 0.112. The standard InChI is InChI=1S/C3H6N2O4/c1-2-3(6)9-4-5(7)8/h4H,2H2,1H3. The highest BCUT2D eigenvalue weighted by molar-refractivity contribution is 5.68. The van der Waals surface area contributed by atoms with Crippen molar-refractivity contribution >= 4 is 5.97 Å². The third kappa shape index (κ3) is 4.52. The summed E-state index contributed by atoms with van der Waals surface area (Å²) in [6.45, 7) is 1.53. The monoisotopic (exact) mass is 134 g/mol. The van der Waals surface area contributed by atoms with E-state index >= 15 is 0 Å². The fraction of sp³-hybridized carbons (Fsp3) is 0.667. The summed E-state index contributed by atoms with van der Waals surface area (Å²) in [5.74, 6) is -0.660. The minimum Gasteiger partial charge on any atom is -0.291 e. The maximum atomic E-state index is 10.1. The Morgan fingerprint density at radius 3 is 2.78 bits per heavy atom. The lowest BCUT2D eigenvalue weighted by Crippen LogP contribution is -2.25. The van der Waals surface area contributed by atoms with Gasteiger partial charge in [-0.2, -0.15) is 0 Å². The van der Waals surface area contributed by atoms with Gasteiger partial charge in [0.05, 0.1) is 0 Å². The molecule has 52 valence electrons. The molecule has 0 heterocycles. The second kappa shape index (κ2) is 3.65. The van der Waals surface area contributed by atoms with Crippen molar-refractivity contribution in [1.82, 2.24) is 5.59 Å². The van der Waals surface area contributed by atoms with Crippen molar-refractivity contribution in [1.29, 1.82) is 0 Å². The molecule has 0 atom stereocenters. The van der Waals surface area contributed by atoms with Crippen molar-refractivity contribution < 1.29 is 14.7 Å². The van der Waals surface area contributed by atoms with Gasteiger partial charge in [-0.1, -0.05) is 6.92 Å². The molecule has 0 aromatic carbocycles. The Morgan fingerprint density at radius 2 is 2.44 bits per heavy atom. The number of hydrogen-bond donors (Lipinski definition) is 1. The van der Waals surface area contributed by atoms with Crippen LogP contribution < -0.4 is 5.59 Å². The Morgan fingerprint density at radius 1 is 1.89 bits per heavy atom. The second-order valence-electron chi connectivity index (χ2n) is 1.18. The third-order valence-electron chi connectivity index (χ3n) is 0.523. The Hall–Kier alpha value is -1.33. The van der Waals surface area contributed by atoms with Crippen LogP contribution >= 0.6 is 0 Å². The maximum Gasteiger partial charge on any atom is 0.338 e. The molecule has 0 saturated carbocycles. The molecule has 0 rings (SSSR count). The minimum atomic E-state index is -0.951. The largest absolute Gasteiger partial charge is 0.338 e. The van der Waals surface area contributed by atoms with Gasteiger partial charge in [-0.25, -0.2) is 14.9 Å². The Kier molecular flexibility index (Phi) is 3.11. The van der Waals surface area contributed by atoms with Crippen LogP contribution in [0.3, 0.4) is 0 Å². The molecular weight excluding hydrogens is 128 g/mol. The van der Waals surface area contributed by atoms with Crippen LogP contribution in [0.4, 0.5) is 0 Å². The Balaban J connectivity index is 3.28. The number of hydrogen-bond acceptors (Lipinski definition) is 4.